The van der Waals surface area contributed by atoms with Gasteiger partial charge >= 0.3 is 0 Å². The van der Waals surface area contributed by atoms with E-state index >= 15 is 0 Å². The molecule has 1 saturated heterocycles. The first-order chi connectivity index (χ1) is 11.2. The number of hydrogen-bond acceptors (Lipinski definition) is 8. The number of tetrazole rings is 1. The summed E-state index contributed by atoms with van der Waals surface area (Å²) < 4.78 is 31.1. The van der Waals surface area contributed by atoms with Crippen LogP contribution in [-0.2, 0) is 22.0 Å². The second-order valence-corrected chi connectivity index (χ2v) is 7.48. The zero-order valence-corrected chi connectivity index (χ0v) is 14.5. The molecular formula is C12H16N6O4S2. The van der Waals surface area contributed by atoms with Crippen LogP contribution in [0.4, 0.5) is 0 Å². The van der Waals surface area contributed by atoms with E-state index in [1.165, 1.54) is 28.6 Å². The van der Waals surface area contributed by atoms with Gasteiger partial charge in [-0.1, -0.05) is 29.5 Å². The maximum atomic E-state index is 10.7. The predicted octanol–water partition coefficient (Wildman–Crippen LogP) is -0.673. The van der Waals surface area contributed by atoms with E-state index in [9.17, 15) is 13.2 Å². The second kappa shape index (κ2) is 7.25. The molecule has 1 aromatic heterocycles. The number of amides is 1. The van der Waals surface area contributed by atoms with E-state index in [-0.39, 0.29) is 16.2 Å². The quantitative estimate of drug-likeness (QED) is 0.470. The number of rotatable bonds is 3. The highest BCUT2D eigenvalue weighted by Crippen LogP contribution is 2.24. The van der Waals surface area contributed by atoms with Crippen LogP contribution in [0, 0.1) is 6.92 Å². The Bertz CT molecular complexity index is 820. The summed E-state index contributed by atoms with van der Waals surface area (Å²) in [4.78, 5) is 10.7. The van der Waals surface area contributed by atoms with Gasteiger partial charge in [0.2, 0.25) is 11.1 Å². The van der Waals surface area contributed by atoms with Crippen molar-refractivity contribution in [1.29, 1.82) is 0 Å². The number of aryl methyl sites for hydroxylation is 2. The monoisotopic (exact) mass is 372 g/mol. The number of aromatic nitrogens is 4. The van der Waals surface area contributed by atoms with Crippen LogP contribution in [0.3, 0.4) is 0 Å². The van der Waals surface area contributed by atoms with Crippen molar-refractivity contribution in [1.82, 2.24) is 25.5 Å². The molecule has 2 aromatic rings. The van der Waals surface area contributed by atoms with Crippen LogP contribution in [-0.4, -0.2) is 50.5 Å². The molecule has 0 aliphatic carbocycles. The van der Waals surface area contributed by atoms with Gasteiger partial charge in [-0.2, -0.15) is 8.42 Å². The molecule has 1 aliphatic heterocycles. The number of β-lactam (4-membered cyclic amide) rings is 1. The molecule has 12 heteroatoms. The Morgan fingerprint density at radius 1 is 1.33 bits per heavy atom. The number of benzene rings is 1. The number of carbonyl (C=O) groups is 1. The van der Waals surface area contributed by atoms with Gasteiger partial charge < -0.3 is 11.1 Å². The molecule has 0 saturated carbocycles. The van der Waals surface area contributed by atoms with Gasteiger partial charge in [-0.15, -0.1) is 5.10 Å². The standard InChI is InChI=1S/C7H8O3S.C5H8N6OS/c1-6-2-4-7(5-3-6)11(8,9)10;1-11-5(8-9-10-11)13-4-2(6)3(12)7-4/h2-5H,1H3,(H,8,9,10);2,4H,6H2,1H3,(H,7,12)/t;2-,4+/m.1/s1. The SMILES string of the molecule is Cc1ccc(S(=O)(=O)O)cc1.Cn1nnnc1S[C@@H]1NC(=O)[C@H]1N. The molecule has 24 heavy (non-hydrogen) atoms. The first-order valence-electron chi connectivity index (χ1n) is 6.67. The van der Waals surface area contributed by atoms with E-state index in [1.54, 1.807) is 19.2 Å². The molecule has 1 aromatic carbocycles. The topological polar surface area (TPSA) is 153 Å². The van der Waals surface area contributed by atoms with Gasteiger partial charge in [0.25, 0.3) is 10.1 Å². The van der Waals surface area contributed by atoms with E-state index in [4.69, 9.17) is 10.3 Å². The summed E-state index contributed by atoms with van der Waals surface area (Å²) in [5.74, 6) is -0.132. The van der Waals surface area contributed by atoms with Crippen molar-refractivity contribution in [2.75, 3.05) is 0 Å². The molecular weight excluding hydrogens is 356 g/mol. The number of hydrogen-bond donors (Lipinski definition) is 3. The van der Waals surface area contributed by atoms with Gasteiger partial charge in [0.15, 0.2) is 0 Å². The molecule has 10 nitrogen and oxygen atoms in total. The normalized spacial score (nSPS) is 19.8. The van der Waals surface area contributed by atoms with Crippen LogP contribution in [0.25, 0.3) is 0 Å². The minimum Gasteiger partial charge on any atom is -0.340 e. The summed E-state index contributed by atoms with van der Waals surface area (Å²) in [5.41, 5.74) is 6.48. The largest absolute Gasteiger partial charge is 0.340 e. The molecule has 0 radical (unpaired) electrons. The fourth-order valence-electron chi connectivity index (χ4n) is 1.62. The molecule has 4 N–H and O–H groups in total. The summed E-state index contributed by atoms with van der Waals surface area (Å²) >= 11 is 1.35. The second-order valence-electron chi connectivity index (χ2n) is 4.95. The third-order valence-electron chi connectivity index (χ3n) is 3.05. The van der Waals surface area contributed by atoms with Gasteiger partial charge in [-0.3, -0.25) is 9.35 Å². The van der Waals surface area contributed by atoms with Gasteiger partial charge in [0, 0.05) is 7.05 Å². The van der Waals surface area contributed by atoms with Crippen LogP contribution in [0.2, 0.25) is 0 Å². The van der Waals surface area contributed by atoms with Crippen LogP contribution in [0.5, 0.6) is 0 Å². The molecule has 1 fully saturated rings. The van der Waals surface area contributed by atoms with E-state index in [1.807, 2.05) is 6.92 Å². The molecule has 1 amide bonds. The van der Waals surface area contributed by atoms with Crippen LogP contribution in [0.15, 0.2) is 34.3 Å². The third kappa shape index (κ3) is 4.50. The molecule has 0 unspecified atom stereocenters. The third-order valence-corrected chi connectivity index (χ3v) is 5.14. The lowest BCUT2D eigenvalue weighted by Crippen LogP contribution is -2.65. The smallest absolute Gasteiger partial charge is 0.294 e. The van der Waals surface area contributed by atoms with Crippen LogP contribution in [0.1, 0.15) is 5.56 Å². The molecule has 3 rings (SSSR count). The number of thioether (sulfide) groups is 1. The van der Waals surface area contributed by atoms with Crippen molar-refractivity contribution in [3.8, 4) is 0 Å². The number of nitrogens with one attached hydrogen (secondary N) is 1. The van der Waals surface area contributed by atoms with Crippen molar-refractivity contribution >= 4 is 27.8 Å². The van der Waals surface area contributed by atoms with Crippen LogP contribution >= 0.6 is 11.8 Å². The van der Waals surface area contributed by atoms with Crippen molar-refractivity contribution in [2.24, 2.45) is 12.8 Å². The molecule has 2 atom stereocenters. The van der Waals surface area contributed by atoms with Gasteiger partial charge in [0.1, 0.15) is 11.4 Å². The lowest BCUT2D eigenvalue weighted by atomic mass is 10.2. The Morgan fingerprint density at radius 3 is 2.38 bits per heavy atom. The van der Waals surface area contributed by atoms with Gasteiger partial charge in [-0.25, -0.2) is 4.68 Å². The van der Waals surface area contributed by atoms with Crippen molar-refractivity contribution in [2.45, 2.75) is 28.4 Å². The summed E-state index contributed by atoms with van der Waals surface area (Å²) in [6.45, 7) is 1.84. The Kier molecular flexibility index (Phi) is 5.54. The predicted molar refractivity (Wildman–Crippen MR) is 85.6 cm³/mol. The van der Waals surface area contributed by atoms with E-state index in [0.29, 0.717) is 5.16 Å². The summed E-state index contributed by atoms with van der Waals surface area (Å²) in [6, 6.07) is 5.53. The summed E-state index contributed by atoms with van der Waals surface area (Å²) in [6.07, 6.45) is 0. The van der Waals surface area contributed by atoms with E-state index < -0.39 is 16.2 Å². The van der Waals surface area contributed by atoms with E-state index in [0.717, 1.165) is 5.56 Å². The van der Waals surface area contributed by atoms with Gasteiger partial charge in [-0.05, 0) is 29.5 Å². The van der Waals surface area contributed by atoms with Crippen molar-refractivity contribution in [3.63, 3.8) is 0 Å². The highest BCUT2D eigenvalue weighted by Gasteiger charge is 2.37. The minimum absolute atomic E-state index is 0.0666. The Balaban J connectivity index is 0.000000177. The average Bonchev–Trinajstić information content (AvgIpc) is 2.92. The number of carbonyl (C=O) groups excluding carboxylic acids is 1. The van der Waals surface area contributed by atoms with E-state index in [2.05, 4.69) is 20.8 Å². The fraction of sp³-hybridized carbons (Fsp3) is 0.333. The maximum Gasteiger partial charge on any atom is 0.294 e. The maximum absolute atomic E-state index is 10.7. The van der Waals surface area contributed by atoms with Gasteiger partial charge in [0.05, 0.1) is 4.90 Å². The molecule has 130 valence electrons. The highest BCUT2D eigenvalue weighted by atomic mass is 32.2. The summed E-state index contributed by atoms with van der Waals surface area (Å²) in [7, 11) is -2.29. The van der Waals surface area contributed by atoms with Crippen LogP contribution < -0.4 is 11.1 Å². The molecule has 0 spiro atoms. The molecule has 2 heterocycles. The lowest BCUT2D eigenvalue weighted by molar-refractivity contribution is -0.128. The minimum atomic E-state index is -4.02. The average molecular weight is 372 g/mol. The Morgan fingerprint density at radius 2 is 1.96 bits per heavy atom. The summed E-state index contributed by atoms with van der Waals surface area (Å²) in [5, 5.41) is 14.0. The molecule has 0 bridgehead atoms. The lowest BCUT2D eigenvalue weighted by Gasteiger charge is -2.32. The Hall–Kier alpha value is -2.02. The molecule has 1 aliphatic rings. The van der Waals surface area contributed by atoms with Crippen molar-refractivity contribution < 1.29 is 17.8 Å². The number of nitrogens with zero attached hydrogens (tertiary/aromatic N) is 4. The first kappa shape index (κ1) is 18.3. The zero-order chi connectivity index (χ0) is 17.9. The van der Waals surface area contributed by atoms with Crippen molar-refractivity contribution in [3.05, 3.63) is 29.8 Å². The fourth-order valence-corrected chi connectivity index (χ4v) is 3.04. The zero-order valence-electron chi connectivity index (χ0n) is 12.8. The number of nitrogens with two attached hydrogens (primary N) is 1. The highest BCUT2D eigenvalue weighted by molar-refractivity contribution is 7.99. The Labute approximate surface area is 142 Å². The first-order valence-corrected chi connectivity index (χ1v) is 8.99.